The predicted octanol–water partition coefficient (Wildman–Crippen LogP) is 1.70. The van der Waals surface area contributed by atoms with Crippen LogP contribution in [0.25, 0.3) is 0 Å². The lowest BCUT2D eigenvalue weighted by Crippen LogP contribution is -2.39. The minimum Gasteiger partial charge on any atom is -0.357 e. The van der Waals surface area contributed by atoms with Crippen molar-refractivity contribution < 1.29 is 0 Å². The molecule has 1 aliphatic rings. The summed E-state index contributed by atoms with van der Waals surface area (Å²) in [4.78, 5) is 4.29. The molecule has 2 unspecified atom stereocenters. The van der Waals surface area contributed by atoms with Gasteiger partial charge < -0.3 is 10.6 Å². The maximum atomic E-state index is 5.65. The number of aliphatic imine (C=N–C) groups is 1. The van der Waals surface area contributed by atoms with E-state index in [0.29, 0.717) is 17.6 Å². The van der Waals surface area contributed by atoms with Crippen LogP contribution in [0.1, 0.15) is 20.3 Å². The summed E-state index contributed by atoms with van der Waals surface area (Å²) in [5.41, 5.74) is 0. The molecule has 0 amide bonds. The highest BCUT2D eigenvalue weighted by atomic mass is 35.5. The molecule has 0 radical (unpaired) electrons. The van der Waals surface area contributed by atoms with Crippen LogP contribution in [0.2, 0.25) is 0 Å². The van der Waals surface area contributed by atoms with Crippen LogP contribution in [0.5, 0.6) is 0 Å². The Labute approximate surface area is 90.6 Å². The summed E-state index contributed by atoms with van der Waals surface area (Å²) >= 11 is 5.65. The van der Waals surface area contributed by atoms with Gasteiger partial charge in [0.05, 0.1) is 6.54 Å². The van der Waals surface area contributed by atoms with Gasteiger partial charge in [0, 0.05) is 17.6 Å². The molecule has 1 fully saturated rings. The third-order valence-corrected chi connectivity index (χ3v) is 2.30. The van der Waals surface area contributed by atoms with Crippen molar-refractivity contribution in [3.63, 3.8) is 0 Å². The van der Waals surface area contributed by atoms with Crippen LogP contribution in [-0.2, 0) is 0 Å². The van der Waals surface area contributed by atoms with Gasteiger partial charge in [-0.15, -0.1) is 0 Å². The Hall–Kier alpha value is -0.700. The first-order chi connectivity index (χ1) is 6.63. The summed E-state index contributed by atoms with van der Waals surface area (Å²) in [6.07, 6.45) is 1.23. The highest BCUT2D eigenvalue weighted by Crippen LogP contribution is 2.28. The molecule has 0 aromatic rings. The zero-order valence-electron chi connectivity index (χ0n) is 8.81. The highest BCUT2D eigenvalue weighted by Gasteiger charge is 2.33. The topological polar surface area (TPSA) is 36.4 Å². The Morgan fingerprint density at radius 3 is 2.71 bits per heavy atom. The van der Waals surface area contributed by atoms with Crippen molar-refractivity contribution in [3.8, 4) is 0 Å². The Kier molecular flexibility index (Phi) is 4.26. The van der Waals surface area contributed by atoms with Crippen LogP contribution in [0.4, 0.5) is 0 Å². The molecule has 0 saturated heterocycles. The van der Waals surface area contributed by atoms with Crippen molar-refractivity contribution in [2.45, 2.75) is 26.3 Å². The van der Waals surface area contributed by atoms with Gasteiger partial charge in [0.1, 0.15) is 0 Å². The second kappa shape index (κ2) is 5.25. The van der Waals surface area contributed by atoms with E-state index in [4.69, 9.17) is 11.6 Å². The predicted molar refractivity (Wildman–Crippen MR) is 61.7 cm³/mol. The minimum absolute atomic E-state index is 0.470. The fourth-order valence-corrected chi connectivity index (χ4v) is 1.24. The van der Waals surface area contributed by atoms with Gasteiger partial charge in [0.25, 0.3) is 0 Å². The molecule has 2 N–H and O–H groups in total. The normalized spacial score (nSPS) is 25.8. The second-order valence-corrected chi connectivity index (χ2v) is 4.21. The van der Waals surface area contributed by atoms with Gasteiger partial charge in [-0.25, -0.2) is 4.99 Å². The smallest absolute Gasteiger partial charge is 0.191 e. The first-order valence-corrected chi connectivity index (χ1v) is 5.39. The average Bonchev–Trinajstić information content (AvgIpc) is 2.78. The van der Waals surface area contributed by atoms with Gasteiger partial charge in [-0.05, 0) is 19.3 Å². The van der Waals surface area contributed by atoms with Gasteiger partial charge in [0.15, 0.2) is 5.96 Å². The maximum absolute atomic E-state index is 5.65. The first-order valence-electron chi connectivity index (χ1n) is 5.01. The molecule has 1 saturated carbocycles. The third-order valence-electron chi connectivity index (χ3n) is 2.18. The number of halogens is 1. The van der Waals surface area contributed by atoms with Crippen LogP contribution >= 0.6 is 11.6 Å². The minimum atomic E-state index is 0.470. The zero-order valence-corrected chi connectivity index (χ0v) is 9.56. The third kappa shape index (κ3) is 4.01. The maximum Gasteiger partial charge on any atom is 0.191 e. The SMILES string of the molecule is C=C(Cl)CN=C(NCC)NC1CC1C. The molecule has 0 aromatic carbocycles. The Morgan fingerprint density at radius 2 is 2.29 bits per heavy atom. The molecule has 0 bridgehead atoms. The van der Waals surface area contributed by atoms with E-state index in [1.54, 1.807) is 0 Å². The van der Waals surface area contributed by atoms with Crippen molar-refractivity contribution in [3.05, 3.63) is 11.6 Å². The number of hydrogen-bond acceptors (Lipinski definition) is 1. The molecular formula is C10H18ClN3. The summed E-state index contributed by atoms with van der Waals surface area (Å²) in [5.74, 6) is 1.60. The summed E-state index contributed by atoms with van der Waals surface area (Å²) in [7, 11) is 0. The van der Waals surface area contributed by atoms with E-state index < -0.39 is 0 Å². The van der Waals surface area contributed by atoms with E-state index in [1.165, 1.54) is 6.42 Å². The number of nitrogens with one attached hydrogen (secondary N) is 2. The quantitative estimate of drug-likeness (QED) is 0.553. The zero-order chi connectivity index (χ0) is 10.6. The van der Waals surface area contributed by atoms with Crippen LogP contribution < -0.4 is 10.6 Å². The molecule has 0 aromatic heterocycles. The Balaban J connectivity index is 2.37. The Morgan fingerprint density at radius 1 is 1.64 bits per heavy atom. The number of guanidine groups is 1. The molecule has 1 aliphatic carbocycles. The van der Waals surface area contributed by atoms with Crippen molar-refractivity contribution in [1.29, 1.82) is 0 Å². The summed E-state index contributed by atoms with van der Waals surface area (Å²) in [6, 6.07) is 0.580. The fourth-order valence-electron chi connectivity index (χ4n) is 1.18. The molecule has 3 nitrogen and oxygen atoms in total. The van der Waals surface area contributed by atoms with E-state index in [1.807, 2.05) is 6.92 Å². The fraction of sp³-hybridized carbons (Fsp3) is 0.700. The van der Waals surface area contributed by atoms with Crippen LogP contribution in [0.15, 0.2) is 16.6 Å². The van der Waals surface area contributed by atoms with Crippen LogP contribution in [0, 0.1) is 5.92 Å². The van der Waals surface area contributed by atoms with E-state index in [0.717, 1.165) is 18.4 Å². The Bertz CT molecular complexity index is 238. The monoisotopic (exact) mass is 215 g/mol. The second-order valence-electron chi connectivity index (χ2n) is 3.68. The number of nitrogens with zero attached hydrogens (tertiary/aromatic N) is 1. The average molecular weight is 216 g/mol. The summed E-state index contributed by atoms with van der Waals surface area (Å²) < 4.78 is 0. The standard InChI is InChI=1S/C10H18ClN3/c1-4-12-10(13-6-8(3)11)14-9-5-7(9)2/h7,9H,3-6H2,1-2H3,(H2,12,13,14). The first kappa shape index (κ1) is 11.4. The number of rotatable bonds is 4. The largest absolute Gasteiger partial charge is 0.357 e. The molecule has 1 rings (SSSR count). The highest BCUT2D eigenvalue weighted by molar-refractivity contribution is 6.29. The number of hydrogen-bond donors (Lipinski definition) is 2. The van der Waals surface area contributed by atoms with Crippen molar-refractivity contribution in [2.24, 2.45) is 10.9 Å². The van der Waals surface area contributed by atoms with Gasteiger partial charge in [0.2, 0.25) is 0 Å². The van der Waals surface area contributed by atoms with Gasteiger partial charge in [-0.3, -0.25) is 0 Å². The molecule has 0 aliphatic heterocycles. The van der Waals surface area contributed by atoms with Crippen LogP contribution in [-0.4, -0.2) is 25.1 Å². The summed E-state index contributed by atoms with van der Waals surface area (Å²) in [5, 5.41) is 7.07. The van der Waals surface area contributed by atoms with Crippen molar-refractivity contribution in [1.82, 2.24) is 10.6 Å². The molecule has 2 atom stereocenters. The lowest BCUT2D eigenvalue weighted by atomic mass is 10.5. The lowest BCUT2D eigenvalue weighted by Gasteiger charge is -2.10. The summed E-state index contributed by atoms with van der Waals surface area (Å²) in [6.45, 7) is 9.20. The molecule has 14 heavy (non-hydrogen) atoms. The van der Waals surface area contributed by atoms with E-state index in [9.17, 15) is 0 Å². The van der Waals surface area contributed by atoms with Crippen molar-refractivity contribution >= 4 is 17.6 Å². The molecular weight excluding hydrogens is 198 g/mol. The van der Waals surface area contributed by atoms with E-state index >= 15 is 0 Å². The molecule has 0 heterocycles. The van der Waals surface area contributed by atoms with Gasteiger partial charge in [-0.1, -0.05) is 25.1 Å². The van der Waals surface area contributed by atoms with Crippen LogP contribution in [0.3, 0.4) is 0 Å². The van der Waals surface area contributed by atoms with Crippen molar-refractivity contribution in [2.75, 3.05) is 13.1 Å². The molecule has 4 heteroatoms. The van der Waals surface area contributed by atoms with Gasteiger partial charge >= 0.3 is 0 Å². The van der Waals surface area contributed by atoms with Gasteiger partial charge in [-0.2, -0.15) is 0 Å². The van der Waals surface area contributed by atoms with E-state index in [2.05, 4.69) is 29.1 Å². The van der Waals surface area contributed by atoms with E-state index in [-0.39, 0.29) is 0 Å². The lowest BCUT2D eigenvalue weighted by molar-refractivity contribution is 0.771. The molecule has 80 valence electrons. The molecule has 0 spiro atoms.